The fourth-order valence-corrected chi connectivity index (χ4v) is 5.79. The van der Waals surface area contributed by atoms with E-state index in [0.29, 0.717) is 13.0 Å². The summed E-state index contributed by atoms with van der Waals surface area (Å²) in [5.41, 5.74) is 0.793. The van der Waals surface area contributed by atoms with Gasteiger partial charge >= 0.3 is 5.97 Å². The maximum absolute atomic E-state index is 13.3. The fraction of sp³-hybridized carbons (Fsp3) is 0.690. The molecule has 3 heterocycles. The van der Waals surface area contributed by atoms with E-state index >= 15 is 0 Å². The summed E-state index contributed by atoms with van der Waals surface area (Å²) in [7, 11) is 0. The summed E-state index contributed by atoms with van der Waals surface area (Å²) in [6, 6.07) is 5.67. The third kappa shape index (κ3) is 5.81. The number of hydrogen-bond donors (Lipinski definition) is 3. The first-order chi connectivity index (χ1) is 17.9. The number of aliphatic hydroxyl groups excluding tert-OH is 3. The van der Waals surface area contributed by atoms with E-state index < -0.39 is 35.6 Å². The molecule has 0 amide bonds. The van der Waals surface area contributed by atoms with Crippen LogP contribution in [0.3, 0.4) is 0 Å². The number of Topliss-reactive ketones (excluding diaryl/α,β-unsaturated/α-hetero) is 1. The first kappa shape index (κ1) is 28.7. The lowest BCUT2D eigenvalue weighted by Gasteiger charge is -2.34. The Balaban J connectivity index is 1.61. The molecule has 0 aliphatic carbocycles. The van der Waals surface area contributed by atoms with Crippen molar-refractivity contribution in [3.8, 4) is 0 Å². The van der Waals surface area contributed by atoms with E-state index in [1.54, 1.807) is 27.1 Å². The Labute approximate surface area is 224 Å². The second-order valence-corrected chi connectivity index (χ2v) is 12.0. The number of imidazole rings is 1. The third-order valence-electron chi connectivity index (χ3n) is 8.76. The number of fused-ring (bicyclic) bond motifs is 2. The number of aromatic nitrogens is 2. The molecule has 210 valence electrons. The van der Waals surface area contributed by atoms with Crippen LogP contribution in [-0.4, -0.2) is 67.1 Å². The van der Waals surface area contributed by atoms with Crippen LogP contribution in [0.25, 0.3) is 11.0 Å². The summed E-state index contributed by atoms with van der Waals surface area (Å²) in [5.74, 6) is -1.65. The largest absolute Gasteiger partial charge is 0.457 e. The summed E-state index contributed by atoms with van der Waals surface area (Å²) in [5, 5.41) is 31.1. The normalized spacial score (nSPS) is 35.1. The topological polar surface area (TPSA) is 134 Å². The molecule has 1 aromatic carbocycles. The Morgan fingerprint density at radius 1 is 1.16 bits per heavy atom. The number of carbonyl (C=O) groups is 2. The summed E-state index contributed by atoms with van der Waals surface area (Å²) < 4.78 is 13.9. The van der Waals surface area contributed by atoms with Crippen LogP contribution < -0.4 is 0 Å². The smallest absolute Gasteiger partial charge is 0.309 e. The molecule has 4 rings (SSSR count). The van der Waals surface area contributed by atoms with Gasteiger partial charge in [-0.25, -0.2) is 4.98 Å². The van der Waals surface area contributed by atoms with Crippen LogP contribution in [0.1, 0.15) is 78.4 Å². The highest BCUT2D eigenvalue weighted by Crippen LogP contribution is 2.46. The van der Waals surface area contributed by atoms with Gasteiger partial charge in [-0.05, 0) is 43.4 Å². The van der Waals surface area contributed by atoms with Crippen LogP contribution >= 0.6 is 0 Å². The van der Waals surface area contributed by atoms with E-state index in [1.807, 2.05) is 29.7 Å². The minimum absolute atomic E-state index is 0.00272. The molecule has 2 fully saturated rings. The van der Waals surface area contributed by atoms with Crippen molar-refractivity contribution >= 4 is 22.8 Å². The molecule has 2 aliphatic heterocycles. The van der Waals surface area contributed by atoms with Crippen LogP contribution in [-0.2, 0) is 25.6 Å². The van der Waals surface area contributed by atoms with Gasteiger partial charge in [0.1, 0.15) is 11.9 Å². The van der Waals surface area contributed by atoms with E-state index in [2.05, 4.69) is 11.9 Å². The van der Waals surface area contributed by atoms with Crippen molar-refractivity contribution in [3.63, 3.8) is 0 Å². The van der Waals surface area contributed by atoms with Gasteiger partial charge in [-0.2, -0.15) is 0 Å². The lowest BCUT2D eigenvalue weighted by Crippen LogP contribution is -2.45. The number of ether oxygens (including phenoxy) is 2. The molecule has 9 heteroatoms. The summed E-state index contributed by atoms with van der Waals surface area (Å²) >= 11 is 0. The zero-order valence-corrected chi connectivity index (χ0v) is 23.1. The van der Waals surface area contributed by atoms with Crippen LogP contribution in [0, 0.1) is 17.3 Å². The van der Waals surface area contributed by atoms with Crippen molar-refractivity contribution in [1.82, 2.24) is 9.55 Å². The van der Waals surface area contributed by atoms with Crippen molar-refractivity contribution in [3.05, 3.63) is 30.1 Å². The van der Waals surface area contributed by atoms with Crippen LogP contribution in [0.5, 0.6) is 0 Å². The van der Waals surface area contributed by atoms with Crippen molar-refractivity contribution < 1.29 is 34.4 Å². The molecule has 0 saturated carbocycles. The number of nitrogens with zero attached hydrogens (tertiary/aromatic N) is 2. The van der Waals surface area contributed by atoms with Crippen LogP contribution in [0.2, 0.25) is 0 Å². The van der Waals surface area contributed by atoms with Gasteiger partial charge in [-0.15, -0.1) is 0 Å². The van der Waals surface area contributed by atoms with E-state index in [4.69, 9.17) is 9.47 Å². The number of rotatable bonds is 3. The van der Waals surface area contributed by atoms with E-state index in [0.717, 1.165) is 35.9 Å². The number of ketones is 1. The quantitative estimate of drug-likeness (QED) is 0.406. The monoisotopic (exact) mass is 530 g/mol. The molecule has 2 aromatic rings. The van der Waals surface area contributed by atoms with Gasteiger partial charge < -0.3 is 29.4 Å². The molecule has 0 spiro atoms. The number of cyclic esters (lactones) is 1. The molecule has 9 nitrogen and oxygen atoms in total. The van der Waals surface area contributed by atoms with E-state index in [-0.39, 0.29) is 36.4 Å². The SMILES string of the molecule is CC1CCCC2(C)OC2CC(c2ccc3c(c2)ncn3CCO)OC(=O)CC(O)C(C)(C)C(=O)C(C)C1O. The van der Waals surface area contributed by atoms with Crippen molar-refractivity contribution in [2.45, 2.75) is 103 Å². The maximum Gasteiger partial charge on any atom is 0.309 e. The molecule has 7 atom stereocenters. The Bertz CT molecular complexity index is 1160. The number of aliphatic hydroxyl groups is 3. The molecule has 0 radical (unpaired) electrons. The zero-order valence-electron chi connectivity index (χ0n) is 23.1. The van der Waals surface area contributed by atoms with Crippen molar-refractivity contribution in [2.75, 3.05) is 6.61 Å². The number of esters is 1. The minimum Gasteiger partial charge on any atom is -0.457 e. The molecule has 2 aliphatic rings. The van der Waals surface area contributed by atoms with Crippen LogP contribution in [0.15, 0.2) is 24.5 Å². The molecule has 2 saturated heterocycles. The highest BCUT2D eigenvalue weighted by Gasteiger charge is 2.53. The number of epoxide rings is 1. The second kappa shape index (κ2) is 11.0. The Kier molecular flexibility index (Phi) is 8.33. The second-order valence-electron chi connectivity index (χ2n) is 12.0. The fourth-order valence-electron chi connectivity index (χ4n) is 5.79. The third-order valence-corrected chi connectivity index (χ3v) is 8.76. The zero-order chi connectivity index (χ0) is 27.8. The van der Waals surface area contributed by atoms with Gasteiger partial charge in [0.2, 0.25) is 0 Å². The standard InChI is InChI=1S/C29H42N2O7/c1-17-7-6-10-29(5)24(38-29)14-22(19-8-9-21-20(13-19)30-16-31(21)11-12-32)37-25(34)15-23(33)28(3,4)27(36)18(2)26(17)35/h8-9,13,16-18,22-24,26,32-33,35H,6-7,10-12,14-15H2,1-5H3. The summed E-state index contributed by atoms with van der Waals surface area (Å²) in [4.78, 5) is 30.8. The number of benzene rings is 1. The van der Waals surface area contributed by atoms with Gasteiger partial charge in [0.05, 0.1) is 59.7 Å². The van der Waals surface area contributed by atoms with Gasteiger partial charge in [0.25, 0.3) is 0 Å². The molecule has 1 aromatic heterocycles. The molecular formula is C29H42N2O7. The molecule has 3 N–H and O–H groups in total. The Morgan fingerprint density at radius 2 is 1.89 bits per heavy atom. The lowest BCUT2D eigenvalue weighted by molar-refractivity contribution is -0.156. The van der Waals surface area contributed by atoms with Gasteiger partial charge in [0, 0.05) is 18.9 Å². The number of hydrogen-bond acceptors (Lipinski definition) is 8. The minimum atomic E-state index is -1.26. The average Bonchev–Trinajstić information content (AvgIpc) is 3.33. The molecule has 7 unspecified atom stereocenters. The maximum atomic E-state index is 13.3. The first-order valence-corrected chi connectivity index (χ1v) is 13.7. The molecular weight excluding hydrogens is 488 g/mol. The lowest BCUT2D eigenvalue weighted by atomic mass is 9.73. The highest BCUT2D eigenvalue weighted by atomic mass is 16.6. The van der Waals surface area contributed by atoms with E-state index in [1.165, 1.54) is 0 Å². The van der Waals surface area contributed by atoms with Crippen molar-refractivity contribution in [2.24, 2.45) is 17.3 Å². The Morgan fingerprint density at radius 3 is 2.61 bits per heavy atom. The van der Waals surface area contributed by atoms with Crippen LogP contribution in [0.4, 0.5) is 0 Å². The predicted molar refractivity (Wildman–Crippen MR) is 141 cm³/mol. The Hall–Kier alpha value is -2.33. The first-order valence-electron chi connectivity index (χ1n) is 13.7. The summed E-state index contributed by atoms with van der Waals surface area (Å²) in [6.45, 7) is 9.35. The van der Waals surface area contributed by atoms with Gasteiger partial charge in [0.15, 0.2) is 0 Å². The molecule has 0 bridgehead atoms. The average molecular weight is 531 g/mol. The van der Waals surface area contributed by atoms with Crippen molar-refractivity contribution in [1.29, 1.82) is 0 Å². The number of carbonyl (C=O) groups excluding carboxylic acids is 2. The van der Waals surface area contributed by atoms with Gasteiger partial charge in [-0.1, -0.05) is 40.2 Å². The molecule has 38 heavy (non-hydrogen) atoms. The summed E-state index contributed by atoms with van der Waals surface area (Å²) in [6.07, 6.45) is 1.35. The predicted octanol–water partition coefficient (Wildman–Crippen LogP) is 3.32. The van der Waals surface area contributed by atoms with E-state index in [9.17, 15) is 24.9 Å². The highest BCUT2D eigenvalue weighted by molar-refractivity contribution is 5.88. The van der Waals surface area contributed by atoms with Gasteiger partial charge in [-0.3, -0.25) is 9.59 Å².